The predicted octanol–water partition coefficient (Wildman–Crippen LogP) is 4.49. The second kappa shape index (κ2) is 7.09. The number of carbonyl (C=O) groups is 1. The first-order valence-electron chi connectivity index (χ1n) is 8.14. The maximum absolute atomic E-state index is 14.3. The number of nitrogens with zero attached hydrogens (tertiary/aromatic N) is 3. The number of halogens is 2. The average molecular weight is 401 g/mol. The van der Waals surface area contributed by atoms with Gasteiger partial charge in [-0.2, -0.15) is 5.10 Å². The molecule has 0 aliphatic rings. The third-order valence-electron chi connectivity index (χ3n) is 4.25. The fourth-order valence-electron chi connectivity index (χ4n) is 2.88. The van der Waals surface area contributed by atoms with Crippen LogP contribution in [0.1, 0.15) is 20.9 Å². The van der Waals surface area contributed by atoms with Crippen molar-refractivity contribution in [1.29, 1.82) is 0 Å². The zero-order valence-electron chi connectivity index (χ0n) is 14.2. The van der Waals surface area contributed by atoms with Crippen LogP contribution >= 0.6 is 22.9 Å². The molecule has 136 valence electrons. The van der Waals surface area contributed by atoms with Crippen LogP contribution < -0.4 is 5.32 Å². The highest BCUT2D eigenvalue weighted by Crippen LogP contribution is 2.33. The highest BCUT2D eigenvalue weighted by Gasteiger charge is 2.19. The van der Waals surface area contributed by atoms with Gasteiger partial charge in [0.2, 0.25) is 0 Å². The van der Waals surface area contributed by atoms with Gasteiger partial charge in [0, 0.05) is 16.6 Å². The van der Waals surface area contributed by atoms with E-state index in [0.29, 0.717) is 29.0 Å². The zero-order chi connectivity index (χ0) is 19.0. The van der Waals surface area contributed by atoms with Crippen molar-refractivity contribution in [1.82, 2.24) is 19.9 Å². The summed E-state index contributed by atoms with van der Waals surface area (Å²) < 4.78 is 15.8. The third kappa shape index (κ3) is 3.20. The van der Waals surface area contributed by atoms with Crippen LogP contribution in [-0.4, -0.2) is 20.5 Å². The second-order valence-electron chi connectivity index (χ2n) is 5.91. The Morgan fingerprint density at radius 2 is 2.15 bits per heavy atom. The molecule has 4 rings (SSSR count). The molecular formula is C19H14ClFN4OS. The summed E-state index contributed by atoms with van der Waals surface area (Å²) in [7, 11) is 0. The number of nitrogens with one attached hydrogen (secondary N) is 1. The SMILES string of the molecule is Cc1c(C(=O)NCc2cccs2)cnc2c(-c3c(F)cccc3Cl)cnn12. The number of hydrogen-bond donors (Lipinski definition) is 1. The van der Waals surface area contributed by atoms with Gasteiger partial charge in [-0.1, -0.05) is 23.7 Å². The van der Waals surface area contributed by atoms with Crippen LogP contribution in [0, 0.1) is 12.7 Å². The molecule has 1 amide bonds. The van der Waals surface area contributed by atoms with Gasteiger partial charge in [0.1, 0.15) is 5.82 Å². The first-order valence-corrected chi connectivity index (χ1v) is 9.40. The van der Waals surface area contributed by atoms with Crippen molar-refractivity contribution >= 4 is 34.5 Å². The molecule has 0 saturated heterocycles. The Kier molecular flexibility index (Phi) is 4.63. The molecule has 0 saturated carbocycles. The number of carbonyl (C=O) groups excluding carboxylic acids is 1. The van der Waals surface area contributed by atoms with Crippen molar-refractivity contribution in [3.63, 3.8) is 0 Å². The lowest BCUT2D eigenvalue weighted by Gasteiger charge is -2.09. The van der Waals surface area contributed by atoms with E-state index < -0.39 is 5.82 Å². The lowest BCUT2D eigenvalue weighted by atomic mass is 10.1. The van der Waals surface area contributed by atoms with E-state index in [4.69, 9.17) is 11.6 Å². The van der Waals surface area contributed by atoms with Crippen LogP contribution in [-0.2, 0) is 6.54 Å². The van der Waals surface area contributed by atoms with Gasteiger partial charge in [-0.05, 0) is 30.5 Å². The molecule has 0 radical (unpaired) electrons. The molecule has 0 unspecified atom stereocenters. The summed E-state index contributed by atoms with van der Waals surface area (Å²) in [5.41, 5.74) is 2.19. The van der Waals surface area contributed by atoms with Crippen LogP contribution in [0.2, 0.25) is 5.02 Å². The van der Waals surface area contributed by atoms with Gasteiger partial charge < -0.3 is 5.32 Å². The summed E-state index contributed by atoms with van der Waals surface area (Å²) in [6, 6.07) is 8.38. The van der Waals surface area contributed by atoms with Gasteiger partial charge in [-0.3, -0.25) is 4.79 Å². The molecular weight excluding hydrogens is 387 g/mol. The molecule has 5 nitrogen and oxygen atoms in total. The topological polar surface area (TPSA) is 59.3 Å². The normalized spacial score (nSPS) is 11.1. The summed E-state index contributed by atoms with van der Waals surface area (Å²) in [6.07, 6.45) is 2.99. The number of aromatic nitrogens is 3. The molecule has 27 heavy (non-hydrogen) atoms. The Bertz CT molecular complexity index is 1120. The van der Waals surface area contributed by atoms with Crippen LogP contribution in [0.25, 0.3) is 16.8 Å². The number of hydrogen-bond acceptors (Lipinski definition) is 4. The number of thiophene rings is 1. The molecule has 3 heterocycles. The Morgan fingerprint density at radius 3 is 2.89 bits per heavy atom. The van der Waals surface area contributed by atoms with Crippen LogP contribution in [0.4, 0.5) is 4.39 Å². The molecule has 0 aliphatic carbocycles. The molecule has 4 aromatic rings. The van der Waals surface area contributed by atoms with Crippen LogP contribution in [0.3, 0.4) is 0 Å². The van der Waals surface area contributed by atoms with Gasteiger partial charge in [0.25, 0.3) is 5.91 Å². The molecule has 0 atom stereocenters. The first kappa shape index (κ1) is 17.6. The third-order valence-corrected chi connectivity index (χ3v) is 5.44. The van der Waals surface area contributed by atoms with Crippen molar-refractivity contribution in [3.8, 4) is 11.1 Å². The Balaban J connectivity index is 1.70. The molecule has 0 spiro atoms. The molecule has 0 fully saturated rings. The lowest BCUT2D eigenvalue weighted by molar-refractivity contribution is 0.0949. The first-order chi connectivity index (χ1) is 13.1. The number of rotatable bonds is 4. The minimum atomic E-state index is -0.449. The van der Waals surface area contributed by atoms with Crippen LogP contribution in [0.5, 0.6) is 0 Å². The van der Waals surface area contributed by atoms with E-state index in [1.54, 1.807) is 30.4 Å². The maximum Gasteiger partial charge on any atom is 0.254 e. The molecule has 8 heteroatoms. The summed E-state index contributed by atoms with van der Waals surface area (Å²) in [4.78, 5) is 17.9. The summed E-state index contributed by atoms with van der Waals surface area (Å²) in [5.74, 6) is -0.689. The van der Waals surface area contributed by atoms with E-state index in [2.05, 4.69) is 15.4 Å². The monoisotopic (exact) mass is 400 g/mol. The molecule has 3 aromatic heterocycles. The van der Waals surface area contributed by atoms with E-state index in [9.17, 15) is 9.18 Å². The van der Waals surface area contributed by atoms with Crippen molar-refractivity contribution in [2.24, 2.45) is 0 Å². The Labute approximate surface area is 163 Å². The lowest BCUT2D eigenvalue weighted by Crippen LogP contribution is -2.24. The molecule has 0 bridgehead atoms. The van der Waals surface area contributed by atoms with E-state index in [1.807, 2.05) is 17.5 Å². The van der Waals surface area contributed by atoms with Crippen molar-refractivity contribution in [2.45, 2.75) is 13.5 Å². The quantitative estimate of drug-likeness (QED) is 0.549. The maximum atomic E-state index is 14.3. The minimum Gasteiger partial charge on any atom is -0.347 e. The van der Waals surface area contributed by atoms with E-state index >= 15 is 0 Å². The van der Waals surface area contributed by atoms with Crippen molar-refractivity contribution < 1.29 is 9.18 Å². The fraction of sp³-hybridized carbons (Fsp3) is 0.105. The van der Waals surface area contributed by atoms with E-state index in [-0.39, 0.29) is 16.5 Å². The summed E-state index contributed by atoms with van der Waals surface area (Å²) in [5, 5.41) is 9.39. The average Bonchev–Trinajstić information content (AvgIpc) is 3.30. The molecule has 1 aromatic carbocycles. The van der Waals surface area contributed by atoms with Crippen molar-refractivity contribution in [3.05, 3.63) is 75.1 Å². The predicted molar refractivity (Wildman–Crippen MR) is 104 cm³/mol. The number of aryl methyl sites for hydroxylation is 1. The summed E-state index contributed by atoms with van der Waals surface area (Å²) in [6.45, 7) is 2.22. The van der Waals surface area contributed by atoms with Gasteiger partial charge >= 0.3 is 0 Å². The Morgan fingerprint density at radius 1 is 1.30 bits per heavy atom. The smallest absolute Gasteiger partial charge is 0.254 e. The number of benzene rings is 1. The Hall–Kier alpha value is -2.77. The number of amides is 1. The van der Waals surface area contributed by atoms with Gasteiger partial charge in [0.15, 0.2) is 5.65 Å². The standard InChI is InChI=1S/C19H14ClFN4OS/c1-11-13(19(26)23-8-12-4-3-7-27-12)9-22-18-14(10-24-25(11)18)17-15(20)5-2-6-16(17)21/h2-7,9-10H,8H2,1H3,(H,23,26). The van der Waals surface area contributed by atoms with E-state index in [1.165, 1.54) is 23.0 Å². The van der Waals surface area contributed by atoms with Crippen LogP contribution in [0.15, 0.2) is 48.1 Å². The van der Waals surface area contributed by atoms with Gasteiger partial charge in [-0.15, -0.1) is 11.3 Å². The zero-order valence-corrected chi connectivity index (χ0v) is 15.8. The van der Waals surface area contributed by atoms with Gasteiger partial charge in [0.05, 0.1) is 34.6 Å². The fourth-order valence-corrected chi connectivity index (χ4v) is 3.78. The highest BCUT2D eigenvalue weighted by atomic mass is 35.5. The highest BCUT2D eigenvalue weighted by molar-refractivity contribution is 7.09. The molecule has 0 aliphatic heterocycles. The summed E-state index contributed by atoms with van der Waals surface area (Å²) >= 11 is 7.74. The largest absolute Gasteiger partial charge is 0.347 e. The van der Waals surface area contributed by atoms with Gasteiger partial charge in [-0.25, -0.2) is 13.9 Å². The second-order valence-corrected chi connectivity index (χ2v) is 7.35. The number of fused-ring (bicyclic) bond motifs is 1. The van der Waals surface area contributed by atoms with Crippen molar-refractivity contribution in [2.75, 3.05) is 0 Å². The molecule has 1 N–H and O–H groups in total. The van der Waals surface area contributed by atoms with E-state index in [0.717, 1.165) is 4.88 Å². The minimum absolute atomic E-state index is 0.240.